The summed E-state index contributed by atoms with van der Waals surface area (Å²) in [6.45, 7) is 2.63. The molecule has 1 saturated heterocycles. The van der Waals surface area contributed by atoms with E-state index in [0.717, 1.165) is 25.4 Å². The molecule has 4 rings (SSSR count). The Morgan fingerprint density at radius 3 is 2.92 bits per heavy atom. The lowest BCUT2D eigenvalue weighted by atomic mass is 9.99. The van der Waals surface area contributed by atoms with E-state index in [1.807, 2.05) is 18.2 Å². The van der Waals surface area contributed by atoms with Gasteiger partial charge in [-0.05, 0) is 6.07 Å². The van der Waals surface area contributed by atoms with E-state index in [4.69, 9.17) is 9.26 Å². The van der Waals surface area contributed by atoms with Crippen LogP contribution in [0.25, 0.3) is 11.5 Å². The highest BCUT2D eigenvalue weighted by molar-refractivity contribution is 5.45. The molecule has 1 aromatic carbocycles. The molecule has 0 atom stereocenters. The molecule has 0 amide bonds. The third-order valence-electron chi connectivity index (χ3n) is 4.13. The van der Waals surface area contributed by atoms with E-state index in [2.05, 4.69) is 31.1 Å². The maximum Gasteiger partial charge on any atom is 0.232 e. The quantitative estimate of drug-likeness (QED) is 0.712. The predicted octanol–water partition coefficient (Wildman–Crippen LogP) is 2.13. The van der Waals surface area contributed by atoms with Crippen molar-refractivity contribution in [3.8, 4) is 17.3 Å². The summed E-state index contributed by atoms with van der Waals surface area (Å²) in [6, 6.07) is 8.08. The molecule has 1 fully saturated rings. The van der Waals surface area contributed by atoms with Gasteiger partial charge in [-0.2, -0.15) is 4.98 Å². The minimum Gasteiger partial charge on any atom is -0.496 e. The average molecular weight is 323 g/mol. The van der Waals surface area contributed by atoms with Gasteiger partial charge in [-0.1, -0.05) is 23.4 Å². The highest BCUT2D eigenvalue weighted by Gasteiger charge is 2.33. The minimum absolute atomic E-state index is 0.262. The van der Waals surface area contributed by atoms with Crippen molar-refractivity contribution in [1.29, 1.82) is 0 Å². The second-order valence-corrected chi connectivity index (χ2v) is 5.75. The van der Waals surface area contributed by atoms with Crippen LogP contribution in [0.2, 0.25) is 0 Å². The van der Waals surface area contributed by atoms with Gasteiger partial charge in [-0.3, -0.25) is 9.88 Å². The molecule has 0 bridgehead atoms. The molecule has 2 aromatic heterocycles. The number of methoxy groups -OCH3 is 1. The lowest BCUT2D eigenvalue weighted by Gasteiger charge is -2.37. The van der Waals surface area contributed by atoms with Crippen LogP contribution in [0.4, 0.5) is 0 Å². The molecule has 3 heterocycles. The fraction of sp³-hybridized carbons (Fsp3) is 0.294. The van der Waals surface area contributed by atoms with Crippen molar-refractivity contribution in [2.75, 3.05) is 20.2 Å². The molecule has 1 aliphatic heterocycles. The lowest BCUT2D eigenvalue weighted by Crippen LogP contribution is -2.44. The summed E-state index contributed by atoms with van der Waals surface area (Å²) in [6.07, 6.45) is 4.86. The molecule has 1 aliphatic rings. The third-order valence-corrected chi connectivity index (χ3v) is 4.13. The van der Waals surface area contributed by atoms with E-state index < -0.39 is 0 Å². The van der Waals surface area contributed by atoms with Crippen molar-refractivity contribution in [3.63, 3.8) is 0 Å². The van der Waals surface area contributed by atoms with Crippen LogP contribution < -0.4 is 4.74 Å². The maximum atomic E-state index is 5.40. The van der Waals surface area contributed by atoms with Crippen molar-refractivity contribution in [3.05, 3.63) is 54.3 Å². The minimum atomic E-state index is 0.262. The fourth-order valence-electron chi connectivity index (χ4n) is 2.85. The monoisotopic (exact) mass is 323 g/mol. The van der Waals surface area contributed by atoms with Gasteiger partial charge < -0.3 is 9.26 Å². The topological polar surface area (TPSA) is 77.2 Å². The van der Waals surface area contributed by atoms with Crippen LogP contribution in [0.5, 0.6) is 5.75 Å². The van der Waals surface area contributed by atoms with E-state index >= 15 is 0 Å². The van der Waals surface area contributed by atoms with Gasteiger partial charge in [0.25, 0.3) is 0 Å². The number of hydrogen-bond donors (Lipinski definition) is 0. The Hall–Kier alpha value is -2.80. The summed E-state index contributed by atoms with van der Waals surface area (Å²) < 4.78 is 10.8. The third kappa shape index (κ3) is 2.85. The van der Waals surface area contributed by atoms with Gasteiger partial charge in [-0.15, -0.1) is 0 Å². The summed E-state index contributed by atoms with van der Waals surface area (Å²) in [4.78, 5) is 15.0. The first-order chi connectivity index (χ1) is 11.8. The molecule has 3 aromatic rings. The van der Waals surface area contributed by atoms with Crippen LogP contribution >= 0.6 is 0 Å². The summed E-state index contributed by atoms with van der Waals surface area (Å²) in [5.41, 5.74) is 1.81. The molecule has 0 aliphatic carbocycles. The lowest BCUT2D eigenvalue weighted by molar-refractivity contribution is 0.116. The summed E-state index contributed by atoms with van der Waals surface area (Å²) in [5.74, 6) is 2.33. The van der Waals surface area contributed by atoms with Crippen LogP contribution in [-0.2, 0) is 6.54 Å². The number of para-hydroxylation sites is 1. The van der Waals surface area contributed by atoms with Gasteiger partial charge in [-0.25, -0.2) is 4.98 Å². The molecule has 7 nitrogen and oxygen atoms in total. The van der Waals surface area contributed by atoms with Gasteiger partial charge >= 0.3 is 0 Å². The van der Waals surface area contributed by atoms with Crippen LogP contribution in [0, 0.1) is 0 Å². The number of aromatic nitrogens is 4. The van der Waals surface area contributed by atoms with E-state index in [0.29, 0.717) is 17.4 Å². The molecule has 122 valence electrons. The molecule has 0 N–H and O–H groups in total. The van der Waals surface area contributed by atoms with Crippen LogP contribution in [0.3, 0.4) is 0 Å². The SMILES string of the molecule is COc1ccccc1CN1CC(c2nc(-c3cnccn3)no2)C1. The highest BCUT2D eigenvalue weighted by atomic mass is 16.5. The molecule has 7 heteroatoms. The van der Waals surface area contributed by atoms with Crippen LogP contribution in [0.15, 0.2) is 47.4 Å². The Kier molecular flexibility index (Phi) is 3.92. The van der Waals surface area contributed by atoms with Crippen LogP contribution in [-0.4, -0.2) is 45.2 Å². The molecule has 0 saturated carbocycles. The Balaban J connectivity index is 1.39. The predicted molar refractivity (Wildman–Crippen MR) is 86.3 cm³/mol. The van der Waals surface area contributed by atoms with E-state index in [1.54, 1.807) is 25.7 Å². The second-order valence-electron chi connectivity index (χ2n) is 5.75. The van der Waals surface area contributed by atoms with Crippen LogP contribution in [0.1, 0.15) is 17.4 Å². The van der Waals surface area contributed by atoms with E-state index in [-0.39, 0.29) is 5.92 Å². The van der Waals surface area contributed by atoms with Gasteiger partial charge in [0.05, 0.1) is 19.2 Å². The molecule has 0 unspecified atom stereocenters. The first kappa shape index (κ1) is 14.8. The number of rotatable bonds is 5. The zero-order valence-corrected chi connectivity index (χ0v) is 13.3. The standard InChI is InChI=1S/C17H17N5O2/c1-23-15-5-3-2-4-12(15)9-22-10-13(11-22)17-20-16(21-24-17)14-8-18-6-7-19-14/h2-8,13H,9-11H2,1H3. The molecule has 0 radical (unpaired) electrons. The first-order valence-corrected chi connectivity index (χ1v) is 7.77. The molecule has 24 heavy (non-hydrogen) atoms. The van der Waals surface area contributed by atoms with Gasteiger partial charge in [0.15, 0.2) is 0 Å². The Labute approximate surface area is 139 Å². The summed E-state index contributed by atoms with van der Waals surface area (Å²) >= 11 is 0. The highest BCUT2D eigenvalue weighted by Crippen LogP contribution is 2.30. The van der Waals surface area contributed by atoms with Crippen molar-refractivity contribution >= 4 is 0 Å². The summed E-state index contributed by atoms with van der Waals surface area (Å²) in [5, 5.41) is 4.00. The number of ether oxygens (including phenoxy) is 1. The van der Waals surface area contributed by atoms with Gasteiger partial charge in [0, 0.05) is 37.6 Å². The van der Waals surface area contributed by atoms with Gasteiger partial charge in [0.1, 0.15) is 11.4 Å². The smallest absolute Gasteiger partial charge is 0.232 e. The van der Waals surface area contributed by atoms with Crippen molar-refractivity contribution in [1.82, 2.24) is 25.0 Å². The van der Waals surface area contributed by atoms with Crippen molar-refractivity contribution < 1.29 is 9.26 Å². The average Bonchev–Trinajstić information content (AvgIpc) is 3.08. The summed E-state index contributed by atoms with van der Waals surface area (Å²) in [7, 11) is 1.70. The van der Waals surface area contributed by atoms with Gasteiger partial charge in [0.2, 0.25) is 11.7 Å². The van der Waals surface area contributed by atoms with E-state index in [9.17, 15) is 0 Å². The first-order valence-electron chi connectivity index (χ1n) is 7.77. The number of nitrogens with zero attached hydrogens (tertiary/aromatic N) is 5. The maximum absolute atomic E-state index is 5.40. The normalized spacial score (nSPS) is 15.2. The molecular formula is C17H17N5O2. The fourth-order valence-corrected chi connectivity index (χ4v) is 2.85. The number of hydrogen-bond acceptors (Lipinski definition) is 7. The Bertz CT molecular complexity index is 815. The number of likely N-dealkylation sites (tertiary alicyclic amines) is 1. The zero-order valence-electron chi connectivity index (χ0n) is 13.3. The molecule has 0 spiro atoms. The largest absolute Gasteiger partial charge is 0.496 e. The van der Waals surface area contributed by atoms with Crippen molar-refractivity contribution in [2.24, 2.45) is 0 Å². The van der Waals surface area contributed by atoms with E-state index in [1.165, 1.54) is 5.56 Å². The second kappa shape index (κ2) is 6.37. The number of benzene rings is 1. The molecular weight excluding hydrogens is 306 g/mol. The van der Waals surface area contributed by atoms with Crippen molar-refractivity contribution in [2.45, 2.75) is 12.5 Å². The Morgan fingerprint density at radius 1 is 1.25 bits per heavy atom. The Morgan fingerprint density at radius 2 is 2.12 bits per heavy atom. The zero-order chi connectivity index (χ0) is 16.4.